The molecule has 1 aromatic rings. The van der Waals surface area contributed by atoms with Crippen LogP contribution in [-0.4, -0.2) is 12.5 Å². The quantitative estimate of drug-likeness (QED) is 0.628. The molecule has 0 aliphatic carbocycles. The molecule has 3 nitrogen and oxygen atoms in total. The maximum absolute atomic E-state index is 13.5. The van der Waals surface area contributed by atoms with Gasteiger partial charge in [0.1, 0.15) is 5.82 Å². The second-order valence-corrected chi connectivity index (χ2v) is 4.65. The van der Waals surface area contributed by atoms with Crippen molar-refractivity contribution in [2.24, 2.45) is 5.92 Å². The van der Waals surface area contributed by atoms with Crippen LogP contribution in [0.15, 0.2) is 12.1 Å². The Hall–Kier alpha value is -1.65. The highest BCUT2D eigenvalue weighted by Crippen LogP contribution is 2.17. The van der Waals surface area contributed by atoms with Crippen molar-refractivity contribution in [3.05, 3.63) is 29.3 Å². The largest absolute Gasteiger partial charge is 0.396 e. The second-order valence-electron chi connectivity index (χ2n) is 4.65. The summed E-state index contributed by atoms with van der Waals surface area (Å²) in [6, 6.07) is 1.70. The van der Waals surface area contributed by atoms with Crippen molar-refractivity contribution in [1.82, 2.24) is 5.32 Å². The number of carbonyl (C=O) groups is 1. The molecule has 1 rings (SSSR count). The van der Waals surface area contributed by atoms with Gasteiger partial charge in [-0.2, -0.15) is 0 Å². The van der Waals surface area contributed by atoms with E-state index >= 15 is 0 Å². The molecule has 0 heterocycles. The predicted molar refractivity (Wildman–Crippen MR) is 67.2 cm³/mol. The maximum Gasteiger partial charge on any atom is 0.254 e. The average molecular weight is 256 g/mol. The summed E-state index contributed by atoms with van der Waals surface area (Å²) in [7, 11) is 0. The third-order valence-corrected chi connectivity index (χ3v) is 2.55. The van der Waals surface area contributed by atoms with E-state index in [1.165, 1.54) is 0 Å². The van der Waals surface area contributed by atoms with E-state index in [1.54, 1.807) is 0 Å². The van der Waals surface area contributed by atoms with Crippen molar-refractivity contribution >= 4 is 11.6 Å². The highest BCUT2D eigenvalue weighted by molar-refractivity contribution is 5.95. The van der Waals surface area contributed by atoms with Gasteiger partial charge in [0.25, 0.3) is 5.91 Å². The van der Waals surface area contributed by atoms with Gasteiger partial charge >= 0.3 is 0 Å². The predicted octanol–water partition coefficient (Wildman–Crippen LogP) is 2.71. The summed E-state index contributed by atoms with van der Waals surface area (Å²) < 4.78 is 26.6. The zero-order valence-corrected chi connectivity index (χ0v) is 10.6. The van der Waals surface area contributed by atoms with Crippen molar-refractivity contribution in [3.63, 3.8) is 0 Å². The third-order valence-electron chi connectivity index (χ3n) is 2.55. The van der Waals surface area contributed by atoms with Gasteiger partial charge in [-0.05, 0) is 30.9 Å². The molecule has 0 aliphatic rings. The Balaban J connectivity index is 2.62. The fraction of sp³-hybridized carbons (Fsp3) is 0.462. The number of benzene rings is 1. The van der Waals surface area contributed by atoms with Gasteiger partial charge in [0.15, 0.2) is 5.82 Å². The average Bonchev–Trinajstić information content (AvgIpc) is 2.28. The summed E-state index contributed by atoms with van der Waals surface area (Å²) >= 11 is 0. The van der Waals surface area contributed by atoms with Gasteiger partial charge in [0.05, 0.1) is 11.3 Å². The van der Waals surface area contributed by atoms with Gasteiger partial charge in [-0.25, -0.2) is 8.78 Å². The van der Waals surface area contributed by atoms with Crippen LogP contribution in [0.5, 0.6) is 0 Å². The number of rotatable bonds is 5. The summed E-state index contributed by atoms with van der Waals surface area (Å²) in [6.07, 6.45) is 1.77. The van der Waals surface area contributed by atoms with Crippen LogP contribution in [0.4, 0.5) is 14.5 Å². The molecule has 0 unspecified atom stereocenters. The van der Waals surface area contributed by atoms with Gasteiger partial charge in [0.2, 0.25) is 0 Å². The topological polar surface area (TPSA) is 55.1 Å². The van der Waals surface area contributed by atoms with Crippen LogP contribution in [0.2, 0.25) is 0 Å². The van der Waals surface area contributed by atoms with Crippen LogP contribution < -0.4 is 11.1 Å². The molecule has 100 valence electrons. The number of hydrogen-bond donors (Lipinski definition) is 2. The Labute approximate surface area is 105 Å². The number of nitrogens with one attached hydrogen (secondary N) is 1. The number of nitrogen functional groups attached to an aromatic ring is 1. The van der Waals surface area contributed by atoms with Crippen molar-refractivity contribution in [2.45, 2.75) is 26.7 Å². The first-order valence-corrected chi connectivity index (χ1v) is 5.94. The summed E-state index contributed by atoms with van der Waals surface area (Å²) in [6.45, 7) is 4.59. The third kappa shape index (κ3) is 3.98. The zero-order valence-electron chi connectivity index (χ0n) is 10.6. The molecule has 0 saturated carbocycles. The highest BCUT2D eigenvalue weighted by Gasteiger charge is 2.15. The highest BCUT2D eigenvalue weighted by atomic mass is 19.1. The van der Waals surface area contributed by atoms with Gasteiger partial charge in [-0.3, -0.25) is 4.79 Å². The molecule has 0 saturated heterocycles. The molecule has 0 aromatic heterocycles. The molecule has 0 atom stereocenters. The number of hydrogen-bond acceptors (Lipinski definition) is 2. The van der Waals surface area contributed by atoms with E-state index in [1.807, 2.05) is 0 Å². The first kappa shape index (κ1) is 14.4. The van der Waals surface area contributed by atoms with E-state index in [4.69, 9.17) is 5.73 Å². The van der Waals surface area contributed by atoms with E-state index in [0.717, 1.165) is 25.0 Å². The van der Waals surface area contributed by atoms with E-state index in [9.17, 15) is 13.6 Å². The van der Waals surface area contributed by atoms with Gasteiger partial charge in [-0.1, -0.05) is 13.8 Å². The molecule has 1 amide bonds. The number of halogens is 2. The second kappa shape index (κ2) is 6.33. The summed E-state index contributed by atoms with van der Waals surface area (Å²) in [5.41, 5.74) is 4.55. The Morgan fingerprint density at radius 3 is 2.67 bits per heavy atom. The standard InChI is InChI=1S/C13H18F2N2O/c1-8(2)4-3-5-17-13(18)10-6-9(14)7-11(16)12(10)15/h6-8H,3-5,16H2,1-2H3,(H,17,18). The smallest absolute Gasteiger partial charge is 0.254 e. The van der Waals surface area contributed by atoms with Crippen LogP contribution in [0.3, 0.4) is 0 Å². The monoisotopic (exact) mass is 256 g/mol. The Kier molecular flexibility index (Phi) is 5.07. The number of nitrogens with two attached hydrogens (primary N) is 1. The van der Waals surface area contributed by atoms with E-state index in [0.29, 0.717) is 12.5 Å². The van der Waals surface area contributed by atoms with Crippen molar-refractivity contribution < 1.29 is 13.6 Å². The molecule has 0 radical (unpaired) electrons. The Morgan fingerprint density at radius 1 is 1.39 bits per heavy atom. The minimum atomic E-state index is -0.877. The molecule has 0 spiro atoms. The zero-order chi connectivity index (χ0) is 13.7. The number of amides is 1. The molecular weight excluding hydrogens is 238 g/mol. The van der Waals surface area contributed by atoms with Crippen molar-refractivity contribution in [1.29, 1.82) is 0 Å². The summed E-state index contributed by atoms with van der Waals surface area (Å²) in [4.78, 5) is 11.6. The first-order chi connectivity index (χ1) is 8.41. The van der Waals surface area contributed by atoms with Crippen LogP contribution in [0.1, 0.15) is 37.0 Å². The Bertz CT molecular complexity index is 433. The number of carbonyl (C=O) groups excluding carboxylic acids is 1. The maximum atomic E-state index is 13.5. The lowest BCUT2D eigenvalue weighted by atomic mass is 10.1. The van der Waals surface area contributed by atoms with Gasteiger partial charge < -0.3 is 11.1 Å². The fourth-order valence-electron chi connectivity index (χ4n) is 1.58. The molecular formula is C13H18F2N2O. The molecule has 0 bridgehead atoms. The van der Waals surface area contributed by atoms with Crippen LogP contribution in [0.25, 0.3) is 0 Å². The normalized spacial score (nSPS) is 10.7. The van der Waals surface area contributed by atoms with E-state index < -0.39 is 17.5 Å². The van der Waals surface area contributed by atoms with Crippen LogP contribution in [-0.2, 0) is 0 Å². The molecule has 0 aliphatic heterocycles. The lowest BCUT2D eigenvalue weighted by Gasteiger charge is -2.08. The molecule has 1 aromatic carbocycles. The summed E-state index contributed by atoms with van der Waals surface area (Å²) in [5.74, 6) is -1.69. The molecule has 3 N–H and O–H groups in total. The van der Waals surface area contributed by atoms with E-state index in [-0.39, 0.29) is 11.3 Å². The van der Waals surface area contributed by atoms with Crippen molar-refractivity contribution in [2.75, 3.05) is 12.3 Å². The van der Waals surface area contributed by atoms with E-state index in [2.05, 4.69) is 19.2 Å². The summed E-state index contributed by atoms with van der Waals surface area (Å²) in [5, 5.41) is 2.55. The van der Waals surface area contributed by atoms with Crippen LogP contribution in [0, 0.1) is 17.6 Å². The molecule has 5 heteroatoms. The molecule has 18 heavy (non-hydrogen) atoms. The van der Waals surface area contributed by atoms with Gasteiger partial charge in [-0.15, -0.1) is 0 Å². The Morgan fingerprint density at radius 2 is 2.06 bits per heavy atom. The van der Waals surface area contributed by atoms with Crippen molar-refractivity contribution in [3.8, 4) is 0 Å². The SMILES string of the molecule is CC(C)CCCNC(=O)c1cc(F)cc(N)c1F. The first-order valence-electron chi connectivity index (χ1n) is 5.94. The minimum absolute atomic E-state index is 0.350. The molecule has 0 fully saturated rings. The van der Waals surface area contributed by atoms with Gasteiger partial charge in [0, 0.05) is 6.54 Å². The fourth-order valence-corrected chi connectivity index (χ4v) is 1.58. The minimum Gasteiger partial charge on any atom is -0.396 e. The lowest BCUT2D eigenvalue weighted by Crippen LogP contribution is -2.26. The van der Waals surface area contributed by atoms with Crippen LogP contribution >= 0.6 is 0 Å². The number of anilines is 1. The lowest BCUT2D eigenvalue weighted by molar-refractivity contribution is 0.0948.